The van der Waals surface area contributed by atoms with Gasteiger partial charge in [-0.25, -0.2) is 0 Å². The van der Waals surface area contributed by atoms with Gasteiger partial charge in [0.15, 0.2) is 0 Å². The summed E-state index contributed by atoms with van der Waals surface area (Å²) in [5.74, 6) is 0. The Morgan fingerprint density at radius 1 is 0.571 bits per heavy atom. The predicted molar refractivity (Wildman–Crippen MR) is 185 cm³/mol. The van der Waals surface area contributed by atoms with Crippen molar-refractivity contribution >= 4 is 16.6 Å². The number of hydrogen-bond donors (Lipinski definition) is 2. The number of nitrogens with one attached hydrogen (secondary N) is 1. The summed E-state index contributed by atoms with van der Waals surface area (Å²) in [4.78, 5) is 4.41. The number of nitrogens with two attached hydrogens (primary N) is 1. The van der Waals surface area contributed by atoms with E-state index in [9.17, 15) is 0 Å². The molecule has 1 aromatic carbocycles. The van der Waals surface area contributed by atoms with Gasteiger partial charge in [0.2, 0.25) is 0 Å². The first-order valence-electron chi connectivity index (χ1n) is 17.8. The van der Waals surface area contributed by atoms with Crippen LogP contribution in [0, 0.1) is 0 Å². The summed E-state index contributed by atoms with van der Waals surface area (Å²) in [7, 11) is 0. The van der Waals surface area contributed by atoms with Crippen molar-refractivity contribution in [1.82, 2.24) is 4.98 Å². The van der Waals surface area contributed by atoms with Crippen LogP contribution in [-0.4, -0.2) is 44.5 Å². The molecule has 5 heteroatoms. The van der Waals surface area contributed by atoms with Gasteiger partial charge >= 0.3 is 0 Å². The normalized spacial score (nSPS) is 11.0. The Kier molecular flexibility index (Phi) is 28.1. The van der Waals surface area contributed by atoms with E-state index in [-0.39, 0.29) is 0 Å². The molecule has 1 aromatic heterocycles. The number of anilines is 1. The van der Waals surface area contributed by atoms with E-state index < -0.39 is 0 Å². The van der Waals surface area contributed by atoms with Gasteiger partial charge in [0.25, 0.3) is 0 Å². The molecule has 0 aliphatic heterocycles. The smallest absolute Gasteiger partial charge is 0.0722 e. The molecule has 0 bridgehead atoms. The van der Waals surface area contributed by atoms with E-state index in [1.807, 2.05) is 12.3 Å². The topological polar surface area (TPSA) is 69.4 Å². The number of nitrogens with zero attached hydrogens (tertiary/aromatic N) is 1. The van der Waals surface area contributed by atoms with Gasteiger partial charge in [-0.05, 0) is 57.2 Å². The number of aromatic nitrogens is 1. The van der Waals surface area contributed by atoms with E-state index in [0.29, 0.717) is 0 Å². The molecule has 0 fully saturated rings. The zero-order valence-electron chi connectivity index (χ0n) is 27.7. The van der Waals surface area contributed by atoms with Crippen LogP contribution in [-0.2, 0) is 9.47 Å². The van der Waals surface area contributed by atoms with Crippen LogP contribution in [0.4, 0.5) is 5.69 Å². The summed E-state index contributed by atoms with van der Waals surface area (Å²) < 4.78 is 11.1. The van der Waals surface area contributed by atoms with Gasteiger partial charge in [0.1, 0.15) is 0 Å². The average Bonchev–Trinajstić information content (AvgIpc) is 3.02. The third kappa shape index (κ3) is 22.9. The van der Waals surface area contributed by atoms with E-state index in [0.717, 1.165) is 45.0 Å². The van der Waals surface area contributed by atoms with Crippen molar-refractivity contribution in [1.29, 1.82) is 0 Å². The standard InChI is InChI=1S/C23H36N2O.C14H31NO/c1-2-3-19-26-20-13-9-7-5-4-6-8-12-17-24-23-16-18-25-22-15-11-10-14-21(22)23;1-2-3-13-16-14-11-9-7-5-4-6-8-10-12-15/h10-11,14-16,18H,2-9,12-13,17,19-20H2,1H3,(H,24,25);2-15H2,1H3. The van der Waals surface area contributed by atoms with Crippen molar-refractivity contribution in [3.05, 3.63) is 36.5 Å². The van der Waals surface area contributed by atoms with Crippen molar-refractivity contribution in [2.45, 2.75) is 142 Å². The molecule has 2 aromatic rings. The summed E-state index contributed by atoms with van der Waals surface area (Å²) >= 11 is 0. The molecule has 5 nitrogen and oxygen atoms in total. The van der Waals surface area contributed by atoms with Gasteiger partial charge in [-0.2, -0.15) is 0 Å². The van der Waals surface area contributed by atoms with Gasteiger partial charge in [0, 0.05) is 50.2 Å². The zero-order valence-corrected chi connectivity index (χ0v) is 27.7. The first-order chi connectivity index (χ1) is 20.8. The largest absolute Gasteiger partial charge is 0.384 e. The predicted octanol–water partition coefficient (Wildman–Crippen LogP) is 10.5. The van der Waals surface area contributed by atoms with Crippen LogP contribution in [0.2, 0.25) is 0 Å². The molecule has 42 heavy (non-hydrogen) atoms. The van der Waals surface area contributed by atoms with Gasteiger partial charge in [-0.1, -0.05) is 122 Å². The minimum Gasteiger partial charge on any atom is -0.384 e. The quantitative estimate of drug-likeness (QED) is 0.0972. The summed E-state index contributed by atoms with van der Waals surface area (Å²) in [5, 5.41) is 4.79. The monoisotopic (exact) mass is 586 g/mol. The van der Waals surface area contributed by atoms with Crippen LogP contribution in [0.5, 0.6) is 0 Å². The van der Waals surface area contributed by atoms with E-state index in [1.54, 1.807) is 0 Å². The molecule has 1 heterocycles. The Hall–Kier alpha value is -1.69. The molecule has 0 aliphatic carbocycles. The Bertz CT molecular complexity index is 797. The molecule has 0 unspecified atom stereocenters. The van der Waals surface area contributed by atoms with Crippen LogP contribution in [0.1, 0.15) is 142 Å². The number of ether oxygens (including phenoxy) is 2. The van der Waals surface area contributed by atoms with E-state index >= 15 is 0 Å². The minimum absolute atomic E-state index is 0.856. The fourth-order valence-electron chi connectivity index (χ4n) is 4.97. The lowest BCUT2D eigenvalue weighted by atomic mass is 10.1. The first-order valence-corrected chi connectivity index (χ1v) is 17.8. The van der Waals surface area contributed by atoms with Gasteiger partial charge in [0.05, 0.1) is 5.52 Å². The molecular formula is C37H67N3O2. The summed E-state index contributed by atoms with van der Waals surface area (Å²) in [6, 6.07) is 10.4. The summed E-state index contributed by atoms with van der Waals surface area (Å²) in [6.45, 7) is 10.1. The van der Waals surface area contributed by atoms with Crippen LogP contribution in [0.3, 0.4) is 0 Å². The number of fused-ring (bicyclic) bond motifs is 1. The van der Waals surface area contributed by atoms with Crippen molar-refractivity contribution in [2.75, 3.05) is 44.8 Å². The molecule has 242 valence electrons. The highest BCUT2D eigenvalue weighted by Gasteiger charge is 2.00. The Labute approximate surface area is 260 Å². The van der Waals surface area contributed by atoms with Crippen molar-refractivity contribution < 1.29 is 9.47 Å². The van der Waals surface area contributed by atoms with Gasteiger partial charge in [-0.3, -0.25) is 4.98 Å². The highest BCUT2D eigenvalue weighted by atomic mass is 16.5. The fourth-order valence-corrected chi connectivity index (χ4v) is 4.97. The highest BCUT2D eigenvalue weighted by Crippen LogP contribution is 2.21. The molecule has 0 spiro atoms. The van der Waals surface area contributed by atoms with Crippen LogP contribution < -0.4 is 11.1 Å². The van der Waals surface area contributed by atoms with Crippen LogP contribution >= 0.6 is 0 Å². The maximum absolute atomic E-state index is 5.60. The van der Waals surface area contributed by atoms with Gasteiger partial charge in [-0.15, -0.1) is 0 Å². The second-order valence-electron chi connectivity index (χ2n) is 11.7. The second-order valence-corrected chi connectivity index (χ2v) is 11.7. The molecule has 2 rings (SSSR count). The van der Waals surface area contributed by atoms with E-state index in [2.05, 4.69) is 48.4 Å². The lowest BCUT2D eigenvalue weighted by Gasteiger charge is -2.09. The number of pyridine rings is 1. The average molecular weight is 586 g/mol. The number of benzene rings is 1. The first kappa shape index (κ1) is 38.3. The number of rotatable bonds is 28. The van der Waals surface area contributed by atoms with Crippen molar-refractivity contribution in [3.63, 3.8) is 0 Å². The highest BCUT2D eigenvalue weighted by molar-refractivity contribution is 5.90. The van der Waals surface area contributed by atoms with Crippen molar-refractivity contribution in [2.24, 2.45) is 5.73 Å². The maximum Gasteiger partial charge on any atom is 0.0722 e. The number of unbranched alkanes of at least 4 members (excludes halogenated alkanes) is 16. The Morgan fingerprint density at radius 3 is 1.60 bits per heavy atom. The second kappa shape index (κ2) is 30.8. The third-order valence-electron chi connectivity index (χ3n) is 7.71. The van der Waals surface area contributed by atoms with E-state index in [1.165, 1.54) is 139 Å². The Morgan fingerprint density at radius 2 is 1.05 bits per heavy atom. The number of hydrogen-bond acceptors (Lipinski definition) is 5. The lowest BCUT2D eigenvalue weighted by molar-refractivity contribution is 0.127. The van der Waals surface area contributed by atoms with Crippen molar-refractivity contribution in [3.8, 4) is 0 Å². The SMILES string of the molecule is CCCCOCCCCCCCCCCN.CCCCOCCCCCCCCCCNc1ccnc2ccccc12. The molecule has 0 saturated heterocycles. The molecule has 0 aliphatic rings. The minimum atomic E-state index is 0.856. The van der Waals surface area contributed by atoms with Crippen LogP contribution in [0.15, 0.2) is 36.5 Å². The number of para-hydroxylation sites is 1. The third-order valence-corrected chi connectivity index (χ3v) is 7.71. The fraction of sp³-hybridized carbons (Fsp3) is 0.757. The zero-order chi connectivity index (χ0) is 30.2. The molecule has 0 atom stereocenters. The van der Waals surface area contributed by atoms with Gasteiger partial charge < -0.3 is 20.5 Å². The maximum atomic E-state index is 5.60. The summed E-state index contributed by atoms with van der Waals surface area (Å²) in [6.07, 6.45) is 27.9. The Balaban J connectivity index is 0.000000476. The van der Waals surface area contributed by atoms with Crippen LogP contribution in [0.25, 0.3) is 10.9 Å². The lowest BCUT2D eigenvalue weighted by Crippen LogP contribution is -2.02. The summed E-state index contributed by atoms with van der Waals surface area (Å²) in [5.41, 5.74) is 7.71. The molecule has 0 saturated carbocycles. The van der Waals surface area contributed by atoms with E-state index in [4.69, 9.17) is 15.2 Å². The molecule has 0 amide bonds. The molecular weight excluding hydrogens is 518 g/mol. The molecule has 0 radical (unpaired) electrons. The molecule has 3 N–H and O–H groups in total.